The highest BCUT2D eigenvalue weighted by Gasteiger charge is 2.27. The van der Waals surface area contributed by atoms with Gasteiger partial charge in [0.1, 0.15) is 5.82 Å². The summed E-state index contributed by atoms with van der Waals surface area (Å²) >= 11 is 0. The third-order valence-electron chi connectivity index (χ3n) is 4.62. The molecule has 4 nitrogen and oxygen atoms in total. The van der Waals surface area contributed by atoms with Crippen LogP contribution in [0.3, 0.4) is 0 Å². The van der Waals surface area contributed by atoms with Crippen molar-refractivity contribution in [2.75, 3.05) is 6.54 Å². The highest BCUT2D eigenvalue weighted by molar-refractivity contribution is 5.94. The smallest absolute Gasteiger partial charge is 0.254 e. The van der Waals surface area contributed by atoms with Crippen molar-refractivity contribution < 1.29 is 9.18 Å². The van der Waals surface area contributed by atoms with Gasteiger partial charge in [-0.2, -0.15) is 0 Å². The Morgan fingerprint density at radius 2 is 1.96 bits per heavy atom. The first-order chi connectivity index (χ1) is 11.5. The molecular weight excluding hydrogens is 307 g/mol. The van der Waals surface area contributed by atoms with Crippen molar-refractivity contribution in [2.24, 2.45) is 7.05 Å². The molecule has 1 saturated heterocycles. The van der Waals surface area contributed by atoms with Crippen molar-refractivity contribution in [3.8, 4) is 0 Å². The number of benzene rings is 1. The molecule has 0 spiro atoms. The van der Waals surface area contributed by atoms with E-state index in [2.05, 4.69) is 0 Å². The van der Waals surface area contributed by atoms with Crippen LogP contribution < -0.4 is 5.56 Å². The Labute approximate surface area is 140 Å². The number of amides is 1. The second kappa shape index (κ2) is 6.99. The summed E-state index contributed by atoms with van der Waals surface area (Å²) in [5.41, 5.74) is 1.27. The summed E-state index contributed by atoms with van der Waals surface area (Å²) in [6.07, 6.45) is 5.29. The van der Waals surface area contributed by atoms with Gasteiger partial charge in [-0.3, -0.25) is 9.59 Å². The number of carbonyl (C=O) groups is 1. The van der Waals surface area contributed by atoms with Crippen LogP contribution in [-0.2, 0) is 13.5 Å². The molecule has 0 N–H and O–H groups in total. The fraction of sp³-hybridized carbons (Fsp3) is 0.368. The Hall–Kier alpha value is -2.43. The van der Waals surface area contributed by atoms with E-state index < -0.39 is 0 Å². The predicted octanol–water partition coefficient (Wildman–Crippen LogP) is 2.76. The molecule has 1 aromatic heterocycles. The zero-order chi connectivity index (χ0) is 17.1. The van der Waals surface area contributed by atoms with E-state index in [1.54, 1.807) is 31.4 Å². The molecule has 24 heavy (non-hydrogen) atoms. The minimum absolute atomic E-state index is 0.0840. The SMILES string of the molecule is Cn1ccc(C(=O)N2CCCC[C@H]2Cc2ccc(F)cc2)cc1=O. The molecule has 1 fully saturated rings. The molecule has 2 heterocycles. The molecule has 0 unspecified atom stereocenters. The van der Waals surface area contributed by atoms with E-state index in [1.165, 1.54) is 22.8 Å². The molecule has 3 rings (SSSR count). The topological polar surface area (TPSA) is 42.3 Å². The van der Waals surface area contributed by atoms with Gasteiger partial charge in [-0.25, -0.2) is 4.39 Å². The van der Waals surface area contributed by atoms with Crippen LogP contribution in [0.4, 0.5) is 4.39 Å². The van der Waals surface area contributed by atoms with Crippen LogP contribution >= 0.6 is 0 Å². The van der Waals surface area contributed by atoms with Crippen molar-refractivity contribution in [3.63, 3.8) is 0 Å². The van der Waals surface area contributed by atoms with Gasteiger partial charge in [0.2, 0.25) is 0 Å². The van der Waals surface area contributed by atoms with E-state index in [-0.39, 0.29) is 23.3 Å². The van der Waals surface area contributed by atoms with Gasteiger partial charge in [0.15, 0.2) is 0 Å². The van der Waals surface area contributed by atoms with E-state index in [4.69, 9.17) is 0 Å². The third-order valence-corrected chi connectivity index (χ3v) is 4.62. The van der Waals surface area contributed by atoms with Gasteiger partial charge in [-0.15, -0.1) is 0 Å². The van der Waals surface area contributed by atoms with E-state index in [1.807, 2.05) is 4.90 Å². The molecule has 0 saturated carbocycles. The molecule has 0 radical (unpaired) electrons. The largest absolute Gasteiger partial charge is 0.335 e. The molecule has 126 valence electrons. The highest BCUT2D eigenvalue weighted by Crippen LogP contribution is 2.22. The van der Waals surface area contributed by atoms with E-state index in [0.717, 1.165) is 24.8 Å². The van der Waals surface area contributed by atoms with Crippen LogP contribution in [0, 0.1) is 5.82 Å². The molecule has 1 aliphatic heterocycles. The maximum atomic E-state index is 13.1. The van der Waals surface area contributed by atoms with E-state index in [9.17, 15) is 14.0 Å². The van der Waals surface area contributed by atoms with Gasteiger partial charge in [0.05, 0.1) is 0 Å². The molecule has 1 atom stereocenters. The maximum absolute atomic E-state index is 13.1. The molecule has 1 amide bonds. The summed E-state index contributed by atoms with van der Waals surface area (Å²) in [6, 6.07) is 9.60. The Bertz CT molecular complexity index is 783. The number of pyridine rings is 1. The summed E-state index contributed by atoms with van der Waals surface area (Å²) in [7, 11) is 1.66. The number of carbonyl (C=O) groups excluding carboxylic acids is 1. The first-order valence-electron chi connectivity index (χ1n) is 8.27. The van der Waals surface area contributed by atoms with Crippen LogP contribution in [0.2, 0.25) is 0 Å². The number of hydrogen-bond acceptors (Lipinski definition) is 2. The highest BCUT2D eigenvalue weighted by atomic mass is 19.1. The summed E-state index contributed by atoms with van der Waals surface area (Å²) in [6.45, 7) is 0.694. The number of likely N-dealkylation sites (tertiary alicyclic amines) is 1. The molecule has 1 aromatic carbocycles. The summed E-state index contributed by atoms with van der Waals surface area (Å²) in [5, 5.41) is 0. The lowest BCUT2D eigenvalue weighted by molar-refractivity contribution is 0.0613. The van der Waals surface area contributed by atoms with Crippen molar-refractivity contribution in [2.45, 2.75) is 31.7 Å². The molecule has 0 aliphatic carbocycles. The van der Waals surface area contributed by atoms with Crippen molar-refractivity contribution in [1.82, 2.24) is 9.47 Å². The maximum Gasteiger partial charge on any atom is 0.254 e. The number of halogens is 1. The lowest BCUT2D eigenvalue weighted by atomic mass is 9.95. The van der Waals surface area contributed by atoms with Gasteiger partial charge >= 0.3 is 0 Å². The average molecular weight is 328 g/mol. The van der Waals surface area contributed by atoms with Gasteiger partial charge in [0, 0.05) is 37.5 Å². The third kappa shape index (κ3) is 3.55. The number of piperidine rings is 1. The van der Waals surface area contributed by atoms with Crippen LogP contribution in [0.25, 0.3) is 0 Å². The number of rotatable bonds is 3. The molecule has 1 aliphatic rings. The number of aryl methyl sites for hydroxylation is 1. The number of nitrogens with zero attached hydrogens (tertiary/aromatic N) is 2. The Morgan fingerprint density at radius 3 is 2.67 bits per heavy atom. The van der Waals surface area contributed by atoms with Gasteiger partial charge in [0.25, 0.3) is 11.5 Å². The first kappa shape index (κ1) is 16.4. The normalized spacial score (nSPS) is 17.8. The zero-order valence-electron chi connectivity index (χ0n) is 13.7. The molecule has 5 heteroatoms. The first-order valence-corrected chi connectivity index (χ1v) is 8.27. The molecular formula is C19H21FN2O2. The second-order valence-corrected chi connectivity index (χ2v) is 6.34. The summed E-state index contributed by atoms with van der Waals surface area (Å²) in [5.74, 6) is -0.352. The summed E-state index contributed by atoms with van der Waals surface area (Å²) < 4.78 is 14.5. The number of hydrogen-bond donors (Lipinski definition) is 0. The molecule has 0 bridgehead atoms. The van der Waals surface area contributed by atoms with E-state index in [0.29, 0.717) is 18.5 Å². The Kier molecular flexibility index (Phi) is 4.79. The van der Waals surface area contributed by atoms with Crippen molar-refractivity contribution in [1.29, 1.82) is 0 Å². The van der Waals surface area contributed by atoms with Crippen LogP contribution in [0.15, 0.2) is 47.4 Å². The Balaban J connectivity index is 1.80. The minimum Gasteiger partial charge on any atom is -0.335 e. The lowest BCUT2D eigenvalue weighted by Gasteiger charge is -2.36. The summed E-state index contributed by atoms with van der Waals surface area (Å²) in [4.78, 5) is 26.5. The van der Waals surface area contributed by atoms with Crippen LogP contribution in [0.1, 0.15) is 35.2 Å². The monoisotopic (exact) mass is 328 g/mol. The number of aromatic nitrogens is 1. The zero-order valence-corrected chi connectivity index (χ0v) is 13.7. The average Bonchev–Trinajstić information content (AvgIpc) is 2.59. The lowest BCUT2D eigenvalue weighted by Crippen LogP contribution is -2.45. The standard InChI is InChI=1S/C19H21FN2O2/c1-21-11-9-15(13-18(21)23)19(24)22-10-3-2-4-17(22)12-14-5-7-16(20)8-6-14/h5-9,11,13,17H,2-4,10,12H2,1H3/t17-/m0/s1. The van der Waals surface area contributed by atoms with Crippen LogP contribution in [-0.4, -0.2) is 28.0 Å². The minimum atomic E-state index is -0.254. The molecule has 2 aromatic rings. The quantitative estimate of drug-likeness (QED) is 0.869. The van der Waals surface area contributed by atoms with Crippen molar-refractivity contribution in [3.05, 3.63) is 69.9 Å². The second-order valence-electron chi connectivity index (χ2n) is 6.34. The predicted molar refractivity (Wildman–Crippen MR) is 90.5 cm³/mol. The van der Waals surface area contributed by atoms with Gasteiger partial charge < -0.3 is 9.47 Å². The Morgan fingerprint density at radius 1 is 1.21 bits per heavy atom. The van der Waals surface area contributed by atoms with E-state index >= 15 is 0 Å². The van der Waals surface area contributed by atoms with Gasteiger partial charge in [-0.1, -0.05) is 12.1 Å². The fourth-order valence-electron chi connectivity index (χ4n) is 3.22. The van der Waals surface area contributed by atoms with Crippen LogP contribution in [0.5, 0.6) is 0 Å². The fourth-order valence-corrected chi connectivity index (χ4v) is 3.22. The van der Waals surface area contributed by atoms with Crippen molar-refractivity contribution >= 4 is 5.91 Å². The van der Waals surface area contributed by atoms with Gasteiger partial charge in [-0.05, 0) is 49.4 Å².